The van der Waals surface area contributed by atoms with Crippen molar-refractivity contribution in [1.29, 1.82) is 0 Å². The molecule has 1 aliphatic heterocycles. The molecule has 1 N–H and O–H groups in total. The van der Waals surface area contributed by atoms with E-state index in [1.807, 2.05) is 38.1 Å². The highest BCUT2D eigenvalue weighted by atomic mass is 16.2. The Morgan fingerprint density at radius 2 is 1.75 bits per heavy atom. The number of pyridine rings is 2. The van der Waals surface area contributed by atoms with E-state index < -0.39 is 0 Å². The molecule has 1 aromatic carbocycles. The van der Waals surface area contributed by atoms with Crippen LogP contribution >= 0.6 is 0 Å². The lowest BCUT2D eigenvalue weighted by molar-refractivity contribution is -0.116. The summed E-state index contributed by atoms with van der Waals surface area (Å²) < 4.78 is 1.60. The fraction of sp³-hybridized carbons (Fsp3) is 0.360. The SMILES string of the molecule is Cc1ccc(NC(=O)Cn2cc(C(=O)N3CCC(C)CC3)c(=O)c3ccc(C)nc32)cc1. The summed E-state index contributed by atoms with van der Waals surface area (Å²) in [5.41, 5.74) is 2.66. The maximum absolute atomic E-state index is 13.2. The van der Waals surface area contributed by atoms with Crippen LogP contribution in [0.25, 0.3) is 11.0 Å². The molecule has 0 saturated carbocycles. The van der Waals surface area contributed by atoms with Gasteiger partial charge in [0.05, 0.1) is 5.39 Å². The molecular weight excluding hydrogens is 404 g/mol. The Bertz CT molecular complexity index is 1220. The van der Waals surface area contributed by atoms with Crippen LogP contribution in [0.4, 0.5) is 5.69 Å². The minimum absolute atomic E-state index is 0.0571. The van der Waals surface area contributed by atoms with E-state index in [0.717, 1.165) is 24.1 Å². The van der Waals surface area contributed by atoms with Crippen molar-refractivity contribution in [1.82, 2.24) is 14.5 Å². The first-order valence-corrected chi connectivity index (χ1v) is 11.0. The number of fused-ring (bicyclic) bond motifs is 1. The second-order valence-electron chi connectivity index (χ2n) is 8.71. The quantitative estimate of drug-likeness (QED) is 0.684. The lowest BCUT2D eigenvalue weighted by Gasteiger charge is -2.30. The van der Waals surface area contributed by atoms with Gasteiger partial charge in [0.15, 0.2) is 0 Å². The number of amides is 2. The van der Waals surface area contributed by atoms with Gasteiger partial charge in [-0.15, -0.1) is 0 Å². The van der Waals surface area contributed by atoms with Crippen LogP contribution in [0, 0.1) is 19.8 Å². The number of rotatable bonds is 4. The highest BCUT2D eigenvalue weighted by Crippen LogP contribution is 2.19. The lowest BCUT2D eigenvalue weighted by atomic mass is 9.98. The Morgan fingerprint density at radius 1 is 1.06 bits per heavy atom. The molecule has 7 heteroatoms. The number of nitrogens with zero attached hydrogens (tertiary/aromatic N) is 3. The second kappa shape index (κ2) is 8.94. The topological polar surface area (TPSA) is 84.3 Å². The fourth-order valence-electron chi connectivity index (χ4n) is 4.01. The predicted octanol–water partition coefficient (Wildman–Crippen LogP) is 3.52. The van der Waals surface area contributed by atoms with Crippen LogP contribution in [0.1, 0.15) is 41.4 Å². The van der Waals surface area contributed by atoms with Crippen molar-refractivity contribution < 1.29 is 9.59 Å². The van der Waals surface area contributed by atoms with Gasteiger partial charge < -0.3 is 14.8 Å². The largest absolute Gasteiger partial charge is 0.338 e. The zero-order chi connectivity index (χ0) is 22.8. The van der Waals surface area contributed by atoms with Crippen LogP contribution in [0.15, 0.2) is 47.4 Å². The maximum atomic E-state index is 13.2. The maximum Gasteiger partial charge on any atom is 0.259 e. The Hall–Kier alpha value is -3.48. The molecule has 1 fully saturated rings. The summed E-state index contributed by atoms with van der Waals surface area (Å²) in [4.78, 5) is 45.3. The average molecular weight is 433 g/mol. The molecule has 32 heavy (non-hydrogen) atoms. The minimum Gasteiger partial charge on any atom is -0.338 e. The van der Waals surface area contributed by atoms with E-state index >= 15 is 0 Å². The summed E-state index contributed by atoms with van der Waals surface area (Å²) >= 11 is 0. The van der Waals surface area contributed by atoms with Crippen molar-refractivity contribution in [2.75, 3.05) is 18.4 Å². The van der Waals surface area contributed by atoms with E-state index in [-0.39, 0.29) is 29.4 Å². The number of aromatic nitrogens is 2. The first kappa shape index (κ1) is 21.7. The van der Waals surface area contributed by atoms with Gasteiger partial charge in [-0.05, 0) is 56.9 Å². The highest BCUT2D eigenvalue weighted by molar-refractivity contribution is 5.97. The third kappa shape index (κ3) is 4.56. The monoisotopic (exact) mass is 432 g/mol. The van der Waals surface area contributed by atoms with Gasteiger partial charge in [0.2, 0.25) is 11.3 Å². The van der Waals surface area contributed by atoms with Crippen molar-refractivity contribution in [2.45, 2.75) is 40.2 Å². The molecule has 0 unspecified atom stereocenters. The van der Waals surface area contributed by atoms with Crippen LogP contribution in [0.5, 0.6) is 0 Å². The van der Waals surface area contributed by atoms with E-state index in [1.165, 1.54) is 6.20 Å². The number of benzene rings is 1. The molecule has 1 aliphatic rings. The molecule has 4 rings (SSSR count). The molecule has 166 valence electrons. The number of hydrogen-bond donors (Lipinski definition) is 1. The van der Waals surface area contributed by atoms with Crippen LogP contribution in [-0.2, 0) is 11.3 Å². The average Bonchev–Trinajstić information content (AvgIpc) is 2.77. The fourth-order valence-corrected chi connectivity index (χ4v) is 4.01. The normalized spacial score (nSPS) is 14.5. The number of likely N-dealkylation sites (tertiary alicyclic amines) is 1. The van der Waals surface area contributed by atoms with Gasteiger partial charge >= 0.3 is 0 Å². The molecule has 2 amide bonds. The van der Waals surface area contributed by atoms with Crippen LogP contribution in [-0.4, -0.2) is 39.4 Å². The summed E-state index contributed by atoms with van der Waals surface area (Å²) in [6, 6.07) is 11.0. The van der Waals surface area contributed by atoms with Gasteiger partial charge in [0.1, 0.15) is 17.8 Å². The molecule has 0 spiro atoms. The number of aryl methyl sites for hydroxylation is 2. The first-order valence-electron chi connectivity index (χ1n) is 11.0. The van der Waals surface area contributed by atoms with Crippen molar-refractivity contribution in [3.05, 3.63) is 69.6 Å². The van der Waals surface area contributed by atoms with Crippen molar-refractivity contribution in [3.8, 4) is 0 Å². The lowest BCUT2D eigenvalue weighted by Crippen LogP contribution is -2.40. The number of carbonyl (C=O) groups excluding carboxylic acids is 2. The standard InChI is InChI=1S/C25H28N4O3/c1-16-4-7-19(8-5-16)27-22(30)15-29-14-21(25(32)28-12-10-17(2)11-13-28)23(31)20-9-6-18(3)26-24(20)29/h4-9,14,17H,10-13,15H2,1-3H3,(H,27,30). The second-order valence-corrected chi connectivity index (χ2v) is 8.71. The minimum atomic E-state index is -0.341. The zero-order valence-corrected chi connectivity index (χ0v) is 18.7. The third-order valence-corrected chi connectivity index (χ3v) is 6.01. The number of hydrogen-bond acceptors (Lipinski definition) is 4. The molecule has 0 radical (unpaired) electrons. The molecule has 7 nitrogen and oxygen atoms in total. The number of anilines is 1. The van der Waals surface area contributed by atoms with Crippen molar-refractivity contribution in [2.24, 2.45) is 5.92 Å². The molecular formula is C25H28N4O3. The van der Waals surface area contributed by atoms with Gasteiger partial charge in [-0.3, -0.25) is 14.4 Å². The van der Waals surface area contributed by atoms with Crippen molar-refractivity contribution in [3.63, 3.8) is 0 Å². The summed E-state index contributed by atoms with van der Waals surface area (Å²) in [6.07, 6.45) is 3.34. The zero-order valence-electron chi connectivity index (χ0n) is 18.7. The van der Waals surface area contributed by atoms with Crippen LogP contribution in [0.3, 0.4) is 0 Å². The summed E-state index contributed by atoms with van der Waals surface area (Å²) in [7, 11) is 0. The smallest absolute Gasteiger partial charge is 0.259 e. The van der Waals surface area contributed by atoms with E-state index in [2.05, 4.69) is 17.2 Å². The number of piperidine rings is 1. The molecule has 1 saturated heterocycles. The molecule has 0 aliphatic carbocycles. The van der Waals surface area contributed by atoms with E-state index in [1.54, 1.807) is 21.6 Å². The van der Waals surface area contributed by atoms with E-state index in [9.17, 15) is 14.4 Å². The molecule has 3 heterocycles. The Balaban J connectivity index is 1.68. The van der Waals surface area contributed by atoms with Gasteiger partial charge in [-0.1, -0.05) is 24.6 Å². The molecule has 0 atom stereocenters. The highest BCUT2D eigenvalue weighted by Gasteiger charge is 2.25. The first-order chi connectivity index (χ1) is 15.3. The summed E-state index contributed by atoms with van der Waals surface area (Å²) in [5.74, 6) is 0.0364. The number of carbonyl (C=O) groups is 2. The molecule has 0 bridgehead atoms. The Kier molecular flexibility index (Phi) is 6.08. The van der Waals surface area contributed by atoms with Crippen LogP contribution in [0.2, 0.25) is 0 Å². The summed E-state index contributed by atoms with van der Waals surface area (Å²) in [5, 5.41) is 3.21. The predicted molar refractivity (Wildman–Crippen MR) is 125 cm³/mol. The Labute approximate surface area is 187 Å². The van der Waals surface area contributed by atoms with Crippen LogP contribution < -0.4 is 10.7 Å². The van der Waals surface area contributed by atoms with Crippen molar-refractivity contribution >= 4 is 28.5 Å². The van der Waals surface area contributed by atoms with E-state index in [4.69, 9.17) is 0 Å². The molecule has 2 aromatic heterocycles. The number of nitrogens with one attached hydrogen (secondary N) is 1. The van der Waals surface area contributed by atoms with Gasteiger partial charge in [-0.25, -0.2) is 4.98 Å². The van der Waals surface area contributed by atoms with E-state index in [0.29, 0.717) is 35.7 Å². The molecule has 3 aromatic rings. The third-order valence-electron chi connectivity index (χ3n) is 6.01. The Morgan fingerprint density at radius 3 is 2.44 bits per heavy atom. The van der Waals surface area contributed by atoms with Gasteiger partial charge in [0, 0.05) is 30.7 Å². The van der Waals surface area contributed by atoms with Gasteiger partial charge in [-0.2, -0.15) is 0 Å². The summed E-state index contributed by atoms with van der Waals surface area (Å²) in [6.45, 7) is 7.20. The van der Waals surface area contributed by atoms with Gasteiger partial charge in [0.25, 0.3) is 5.91 Å².